The van der Waals surface area contributed by atoms with Crippen molar-refractivity contribution in [3.05, 3.63) is 11.8 Å². The fourth-order valence-corrected chi connectivity index (χ4v) is 1.78. The van der Waals surface area contributed by atoms with E-state index in [1.807, 2.05) is 0 Å². The van der Waals surface area contributed by atoms with E-state index in [-0.39, 0.29) is 18.2 Å². The number of ether oxygens (including phenoxy) is 2. The molecule has 7 heteroatoms. The van der Waals surface area contributed by atoms with Crippen LogP contribution >= 0.6 is 12.4 Å². The summed E-state index contributed by atoms with van der Waals surface area (Å²) in [5.41, 5.74) is 0. The second-order valence-electron chi connectivity index (χ2n) is 4.03. The summed E-state index contributed by atoms with van der Waals surface area (Å²) in [6.07, 6.45) is 2.20. The number of halogens is 1. The fourth-order valence-electron chi connectivity index (χ4n) is 1.78. The highest BCUT2D eigenvalue weighted by molar-refractivity contribution is 5.86. The molecule has 0 saturated carbocycles. The van der Waals surface area contributed by atoms with E-state index in [1.165, 1.54) is 13.2 Å². The van der Waals surface area contributed by atoms with Gasteiger partial charge in [0.15, 0.2) is 0 Å². The molecule has 0 atom stereocenters. The van der Waals surface area contributed by atoms with E-state index in [9.17, 15) is 4.79 Å². The lowest BCUT2D eigenvalue weighted by atomic mass is 9.99. The molecule has 0 spiro atoms. The topological polar surface area (TPSA) is 73.6 Å². The fraction of sp³-hybridized carbons (Fsp3) is 0.636. The number of hydrogen-bond acceptors (Lipinski definition) is 6. The van der Waals surface area contributed by atoms with Crippen molar-refractivity contribution in [3.8, 4) is 5.88 Å². The van der Waals surface area contributed by atoms with Crippen LogP contribution in [-0.2, 0) is 4.74 Å². The van der Waals surface area contributed by atoms with Crippen molar-refractivity contribution in [3.63, 3.8) is 0 Å². The van der Waals surface area contributed by atoms with Crippen LogP contribution in [0.5, 0.6) is 5.88 Å². The molecule has 0 amide bonds. The molecule has 1 saturated heterocycles. The molecular formula is C11H17ClN2O4. The number of esters is 1. The maximum absolute atomic E-state index is 11.1. The second-order valence-corrected chi connectivity index (χ2v) is 4.03. The number of nitrogens with one attached hydrogen (secondary N) is 1. The molecule has 1 aromatic rings. The van der Waals surface area contributed by atoms with Crippen molar-refractivity contribution in [2.75, 3.05) is 26.8 Å². The maximum atomic E-state index is 11.1. The highest BCUT2D eigenvalue weighted by Gasteiger charge is 2.17. The van der Waals surface area contributed by atoms with Crippen LogP contribution in [-0.4, -0.2) is 37.9 Å². The first kappa shape index (κ1) is 14.8. The van der Waals surface area contributed by atoms with Crippen LogP contribution in [0, 0.1) is 5.92 Å². The summed E-state index contributed by atoms with van der Waals surface area (Å²) in [6.45, 7) is 2.66. The molecule has 2 heterocycles. The van der Waals surface area contributed by atoms with Crippen molar-refractivity contribution in [2.24, 2.45) is 5.92 Å². The van der Waals surface area contributed by atoms with Gasteiger partial charge in [0.05, 0.1) is 19.8 Å². The number of carbonyl (C=O) groups excluding carboxylic acids is 1. The summed E-state index contributed by atoms with van der Waals surface area (Å²) in [5, 5.41) is 6.94. The van der Waals surface area contributed by atoms with Gasteiger partial charge in [0, 0.05) is 0 Å². The van der Waals surface area contributed by atoms with Gasteiger partial charge in [-0.3, -0.25) is 0 Å². The molecule has 6 nitrogen and oxygen atoms in total. The van der Waals surface area contributed by atoms with Crippen LogP contribution in [0.4, 0.5) is 0 Å². The molecule has 1 aromatic heterocycles. The van der Waals surface area contributed by atoms with E-state index in [4.69, 9.17) is 9.26 Å². The molecular weight excluding hydrogens is 260 g/mol. The van der Waals surface area contributed by atoms with Gasteiger partial charge in [-0.15, -0.1) is 12.4 Å². The van der Waals surface area contributed by atoms with E-state index in [2.05, 4.69) is 15.2 Å². The number of hydrogen-bond donors (Lipinski definition) is 1. The predicted octanol–water partition coefficient (Wildman–Crippen LogP) is 1.26. The van der Waals surface area contributed by atoms with Gasteiger partial charge in [0.1, 0.15) is 0 Å². The van der Waals surface area contributed by atoms with Gasteiger partial charge < -0.3 is 19.3 Å². The zero-order valence-electron chi connectivity index (χ0n) is 10.2. The van der Waals surface area contributed by atoms with Gasteiger partial charge in [-0.2, -0.15) is 0 Å². The highest BCUT2D eigenvalue weighted by Crippen LogP contribution is 2.16. The Kier molecular flexibility index (Phi) is 5.94. The summed E-state index contributed by atoms with van der Waals surface area (Å²) in [6, 6.07) is 1.45. The Morgan fingerprint density at radius 2 is 2.28 bits per heavy atom. The van der Waals surface area contributed by atoms with Crippen molar-refractivity contribution in [2.45, 2.75) is 12.8 Å². The first-order chi connectivity index (χ1) is 8.29. The first-order valence-corrected chi connectivity index (χ1v) is 5.68. The Labute approximate surface area is 111 Å². The van der Waals surface area contributed by atoms with Crippen molar-refractivity contribution in [1.82, 2.24) is 10.5 Å². The average Bonchev–Trinajstić information content (AvgIpc) is 2.85. The van der Waals surface area contributed by atoms with Crippen LogP contribution < -0.4 is 10.1 Å². The number of methoxy groups -OCH3 is 1. The molecule has 2 rings (SSSR count). The molecule has 0 aromatic carbocycles. The van der Waals surface area contributed by atoms with Gasteiger partial charge in [-0.1, -0.05) is 0 Å². The minimum absolute atomic E-state index is 0. The summed E-state index contributed by atoms with van der Waals surface area (Å²) in [5.74, 6) is 0.389. The molecule has 0 bridgehead atoms. The lowest BCUT2D eigenvalue weighted by Crippen LogP contribution is -2.30. The lowest BCUT2D eigenvalue weighted by Gasteiger charge is -2.21. The number of carbonyl (C=O) groups is 1. The summed E-state index contributed by atoms with van der Waals surface area (Å²) < 4.78 is 14.8. The zero-order chi connectivity index (χ0) is 12.1. The highest BCUT2D eigenvalue weighted by atomic mass is 35.5. The molecule has 1 fully saturated rings. The van der Waals surface area contributed by atoms with Crippen LogP contribution in [0.15, 0.2) is 10.6 Å². The van der Waals surface area contributed by atoms with Crippen molar-refractivity contribution < 1.29 is 18.8 Å². The number of piperidine rings is 1. The minimum atomic E-state index is -0.547. The third-order valence-corrected chi connectivity index (χ3v) is 2.80. The third kappa shape index (κ3) is 3.89. The Morgan fingerprint density at radius 1 is 1.56 bits per heavy atom. The van der Waals surface area contributed by atoms with Gasteiger partial charge >= 0.3 is 5.97 Å². The molecule has 18 heavy (non-hydrogen) atoms. The van der Waals surface area contributed by atoms with Gasteiger partial charge in [-0.25, -0.2) is 4.79 Å². The monoisotopic (exact) mass is 276 g/mol. The Hall–Kier alpha value is -1.27. The smallest absolute Gasteiger partial charge is 0.377 e. The van der Waals surface area contributed by atoms with Crippen LogP contribution in [0.2, 0.25) is 0 Å². The van der Waals surface area contributed by atoms with Gasteiger partial charge in [-0.05, 0) is 37.0 Å². The van der Waals surface area contributed by atoms with Crippen LogP contribution in [0.25, 0.3) is 0 Å². The summed E-state index contributed by atoms with van der Waals surface area (Å²) in [7, 11) is 1.29. The van der Waals surface area contributed by atoms with Gasteiger partial charge in [0.25, 0.3) is 5.88 Å². The van der Waals surface area contributed by atoms with Crippen molar-refractivity contribution >= 4 is 18.4 Å². The molecule has 1 N–H and O–H groups in total. The molecule has 0 radical (unpaired) electrons. The number of rotatable bonds is 4. The zero-order valence-corrected chi connectivity index (χ0v) is 11.0. The standard InChI is InChI=1S/C11H16N2O4.ClH/c1-15-11(14)9-6-10(13-17-9)16-7-8-2-4-12-5-3-8;/h6,8,12H,2-5,7H2,1H3;1H. The largest absolute Gasteiger partial charge is 0.475 e. The Bertz CT molecular complexity index is 377. The second kappa shape index (κ2) is 7.23. The molecule has 0 aliphatic carbocycles. The average molecular weight is 277 g/mol. The maximum Gasteiger partial charge on any atom is 0.377 e. The minimum Gasteiger partial charge on any atom is -0.475 e. The molecule has 0 unspecified atom stereocenters. The third-order valence-electron chi connectivity index (χ3n) is 2.80. The molecule has 1 aliphatic rings. The van der Waals surface area contributed by atoms with E-state index < -0.39 is 5.97 Å². The number of nitrogens with zero attached hydrogens (tertiary/aromatic N) is 1. The summed E-state index contributed by atoms with van der Waals surface area (Å²) >= 11 is 0. The van der Waals surface area contributed by atoms with Crippen molar-refractivity contribution in [1.29, 1.82) is 0 Å². The summed E-state index contributed by atoms with van der Waals surface area (Å²) in [4.78, 5) is 11.1. The SMILES string of the molecule is COC(=O)c1cc(OCC2CCNCC2)no1.Cl. The quantitative estimate of drug-likeness (QED) is 0.835. The Balaban J connectivity index is 0.00000162. The van der Waals surface area contributed by atoms with Crippen LogP contribution in [0.3, 0.4) is 0 Å². The number of aromatic nitrogens is 1. The molecule has 102 valence electrons. The molecule has 1 aliphatic heterocycles. The van der Waals surface area contributed by atoms with E-state index in [0.717, 1.165) is 25.9 Å². The lowest BCUT2D eigenvalue weighted by molar-refractivity contribution is 0.0554. The van der Waals surface area contributed by atoms with Gasteiger partial charge in [0.2, 0.25) is 5.76 Å². The Morgan fingerprint density at radius 3 is 2.94 bits per heavy atom. The van der Waals surface area contributed by atoms with Crippen LogP contribution in [0.1, 0.15) is 23.4 Å². The first-order valence-electron chi connectivity index (χ1n) is 5.68. The van der Waals surface area contributed by atoms with E-state index in [0.29, 0.717) is 18.4 Å². The van der Waals surface area contributed by atoms with E-state index >= 15 is 0 Å². The normalized spacial score (nSPS) is 15.8. The van der Waals surface area contributed by atoms with E-state index in [1.54, 1.807) is 0 Å². The predicted molar refractivity (Wildman–Crippen MR) is 66.2 cm³/mol.